The van der Waals surface area contributed by atoms with Crippen LogP contribution in [0.2, 0.25) is 0 Å². The molecular formula is C12H16BrN. The molecule has 1 atom stereocenters. The van der Waals surface area contributed by atoms with Gasteiger partial charge in [-0.15, -0.1) is 0 Å². The third kappa shape index (κ3) is 2.58. The van der Waals surface area contributed by atoms with Crippen LogP contribution in [0.3, 0.4) is 0 Å². The second-order valence-corrected chi connectivity index (χ2v) is 4.82. The Morgan fingerprint density at radius 3 is 2.64 bits per heavy atom. The van der Waals surface area contributed by atoms with Gasteiger partial charge in [0.2, 0.25) is 0 Å². The van der Waals surface area contributed by atoms with E-state index in [2.05, 4.69) is 45.5 Å². The van der Waals surface area contributed by atoms with Gasteiger partial charge in [0.1, 0.15) is 0 Å². The number of nitrogens with one attached hydrogen (secondary N) is 1. The van der Waals surface area contributed by atoms with Gasteiger partial charge in [-0.05, 0) is 37.1 Å². The van der Waals surface area contributed by atoms with Crippen molar-refractivity contribution in [2.75, 3.05) is 6.54 Å². The summed E-state index contributed by atoms with van der Waals surface area (Å²) in [6.45, 7) is 1.17. The fraction of sp³-hybridized carbons (Fsp3) is 0.500. The lowest BCUT2D eigenvalue weighted by molar-refractivity contribution is 0.535. The van der Waals surface area contributed by atoms with Crippen LogP contribution in [0.25, 0.3) is 0 Å². The largest absolute Gasteiger partial charge is 0.310 e. The lowest BCUT2D eigenvalue weighted by atomic mass is 10.0. The summed E-state index contributed by atoms with van der Waals surface area (Å²) in [7, 11) is 0. The maximum Gasteiger partial charge on any atom is 0.0320 e. The minimum Gasteiger partial charge on any atom is -0.310 e. The van der Waals surface area contributed by atoms with Crippen LogP contribution in [-0.4, -0.2) is 6.54 Å². The summed E-state index contributed by atoms with van der Waals surface area (Å²) < 4.78 is 1.16. The second-order valence-electron chi connectivity index (χ2n) is 3.91. The van der Waals surface area contributed by atoms with Gasteiger partial charge in [-0.3, -0.25) is 0 Å². The molecule has 0 amide bonds. The Balaban J connectivity index is 2.08. The average molecular weight is 254 g/mol. The summed E-state index contributed by atoms with van der Waals surface area (Å²) in [4.78, 5) is 0. The van der Waals surface area contributed by atoms with Gasteiger partial charge >= 0.3 is 0 Å². The van der Waals surface area contributed by atoms with Crippen LogP contribution in [0.5, 0.6) is 0 Å². The number of hydrogen-bond donors (Lipinski definition) is 1. The molecule has 1 aliphatic heterocycles. The molecule has 0 spiro atoms. The van der Waals surface area contributed by atoms with Gasteiger partial charge < -0.3 is 5.32 Å². The third-order valence-electron chi connectivity index (χ3n) is 2.83. The van der Waals surface area contributed by atoms with E-state index in [0.29, 0.717) is 6.04 Å². The Hall–Kier alpha value is -0.340. The van der Waals surface area contributed by atoms with Crippen molar-refractivity contribution in [3.8, 4) is 0 Å². The summed E-state index contributed by atoms with van der Waals surface area (Å²) in [5.74, 6) is 0. The fourth-order valence-electron chi connectivity index (χ4n) is 2.01. The van der Waals surface area contributed by atoms with Crippen molar-refractivity contribution in [2.45, 2.75) is 31.7 Å². The summed E-state index contributed by atoms with van der Waals surface area (Å²) in [5, 5.41) is 3.60. The Bertz CT molecular complexity index is 273. The molecule has 1 N–H and O–H groups in total. The molecule has 0 saturated carbocycles. The van der Waals surface area contributed by atoms with E-state index in [1.807, 2.05) is 0 Å². The molecule has 14 heavy (non-hydrogen) atoms. The topological polar surface area (TPSA) is 12.0 Å². The third-order valence-corrected chi connectivity index (χ3v) is 3.36. The molecule has 1 heterocycles. The zero-order valence-electron chi connectivity index (χ0n) is 8.30. The summed E-state index contributed by atoms with van der Waals surface area (Å²) in [5.41, 5.74) is 1.43. The van der Waals surface area contributed by atoms with E-state index in [1.165, 1.54) is 37.8 Å². The number of rotatable bonds is 1. The first-order chi connectivity index (χ1) is 6.86. The minimum atomic E-state index is 0.575. The van der Waals surface area contributed by atoms with Crippen LogP contribution in [0.4, 0.5) is 0 Å². The zero-order chi connectivity index (χ0) is 9.80. The number of benzene rings is 1. The molecule has 1 unspecified atom stereocenters. The van der Waals surface area contributed by atoms with Crippen molar-refractivity contribution in [1.82, 2.24) is 5.32 Å². The smallest absolute Gasteiger partial charge is 0.0320 e. The molecule has 0 aromatic heterocycles. The normalized spacial score (nSPS) is 23.1. The van der Waals surface area contributed by atoms with E-state index < -0.39 is 0 Å². The Labute approximate surface area is 94.0 Å². The van der Waals surface area contributed by atoms with Gasteiger partial charge in [0.05, 0.1) is 0 Å². The van der Waals surface area contributed by atoms with Gasteiger partial charge in [-0.25, -0.2) is 0 Å². The van der Waals surface area contributed by atoms with E-state index in [4.69, 9.17) is 0 Å². The van der Waals surface area contributed by atoms with Gasteiger partial charge in [0.25, 0.3) is 0 Å². The Morgan fingerprint density at radius 1 is 1.07 bits per heavy atom. The lowest BCUT2D eigenvalue weighted by Crippen LogP contribution is -2.20. The molecule has 1 aromatic carbocycles. The molecule has 1 fully saturated rings. The molecule has 1 aromatic rings. The highest BCUT2D eigenvalue weighted by Gasteiger charge is 2.12. The lowest BCUT2D eigenvalue weighted by Gasteiger charge is -2.15. The van der Waals surface area contributed by atoms with Gasteiger partial charge in [0.15, 0.2) is 0 Å². The van der Waals surface area contributed by atoms with Gasteiger partial charge in [-0.2, -0.15) is 0 Å². The van der Waals surface area contributed by atoms with Crippen molar-refractivity contribution in [3.05, 3.63) is 34.3 Å². The molecule has 1 saturated heterocycles. The Morgan fingerprint density at radius 2 is 1.86 bits per heavy atom. The zero-order valence-corrected chi connectivity index (χ0v) is 9.89. The van der Waals surface area contributed by atoms with Crippen molar-refractivity contribution >= 4 is 15.9 Å². The van der Waals surface area contributed by atoms with Crippen LogP contribution in [0, 0.1) is 0 Å². The van der Waals surface area contributed by atoms with E-state index in [1.54, 1.807) is 0 Å². The summed E-state index contributed by atoms with van der Waals surface area (Å²) >= 11 is 3.46. The number of hydrogen-bond acceptors (Lipinski definition) is 1. The van der Waals surface area contributed by atoms with Crippen molar-refractivity contribution in [3.63, 3.8) is 0 Å². The molecule has 1 nitrogen and oxygen atoms in total. The monoisotopic (exact) mass is 253 g/mol. The molecule has 0 aliphatic carbocycles. The molecule has 0 radical (unpaired) electrons. The van der Waals surface area contributed by atoms with Crippen molar-refractivity contribution < 1.29 is 0 Å². The van der Waals surface area contributed by atoms with E-state index in [0.717, 1.165) is 4.47 Å². The first kappa shape index (κ1) is 10.2. The van der Waals surface area contributed by atoms with E-state index in [9.17, 15) is 0 Å². The minimum absolute atomic E-state index is 0.575. The van der Waals surface area contributed by atoms with Crippen LogP contribution < -0.4 is 5.32 Å². The van der Waals surface area contributed by atoms with Crippen LogP contribution in [-0.2, 0) is 0 Å². The van der Waals surface area contributed by atoms with E-state index in [-0.39, 0.29) is 0 Å². The standard InChI is InChI=1S/C12H16BrN/c13-11-7-5-10(6-8-11)12-4-2-1-3-9-14-12/h5-8,12,14H,1-4,9H2. The van der Waals surface area contributed by atoms with Crippen LogP contribution >= 0.6 is 15.9 Å². The van der Waals surface area contributed by atoms with E-state index >= 15 is 0 Å². The fourth-order valence-corrected chi connectivity index (χ4v) is 2.27. The van der Waals surface area contributed by atoms with Gasteiger partial charge in [0, 0.05) is 10.5 Å². The summed E-state index contributed by atoms with van der Waals surface area (Å²) in [6.07, 6.45) is 5.34. The van der Waals surface area contributed by atoms with Crippen molar-refractivity contribution in [1.29, 1.82) is 0 Å². The van der Waals surface area contributed by atoms with Crippen LogP contribution in [0.15, 0.2) is 28.7 Å². The Kier molecular flexibility index (Phi) is 3.60. The SMILES string of the molecule is Brc1ccc(C2CCCCCN2)cc1. The quantitative estimate of drug-likeness (QED) is 0.806. The predicted molar refractivity (Wildman–Crippen MR) is 63.4 cm³/mol. The first-order valence-corrected chi connectivity index (χ1v) is 6.14. The molecule has 1 aliphatic rings. The highest BCUT2D eigenvalue weighted by Crippen LogP contribution is 2.23. The highest BCUT2D eigenvalue weighted by molar-refractivity contribution is 9.10. The van der Waals surface area contributed by atoms with Crippen LogP contribution in [0.1, 0.15) is 37.3 Å². The maximum atomic E-state index is 3.60. The maximum absolute atomic E-state index is 3.60. The highest BCUT2D eigenvalue weighted by atomic mass is 79.9. The predicted octanol–water partition coefficient (Wildman–Crippen LogP) is 3.65. The molecule has 2 rings (SSSR count). The average Bonchev–Trinajstić information content (AvgIpc) is 2.47. The molecule has 76 valence electrons. The molecule has 0 bridgehead atoms. The first-order valence-electron chi connectivity index (χ1n) is 5.35. The molecule has 2 heteroatoms. The number of halogens is 1. The molecular weight excluding hydrogens is 238 g/mol. The van der Waals surface area contributed by atoms with Gasteiger partial charge in [-0.1, -0.05) is 40.9 Å². The second kappa shape index (κ2) is 4.94. The van der Waals surface area contributed by atoms with Crippen molar-refractivity contribution in [2.24, 2.45) is 0 Å². The summed E-state index contributed by atoms with van der Waals surface area (Å²) in [6, 6.07) is 9.26.